The largest absolute Gasteiger partial charge is 1.00 e. The summed E-state index contributed by atoms with van der Waals surface area (Å²) in [7, 11) is -4.00. The van der Waals surface area contributed by atoms with Crippen LogP contribution in [-0.4, -0.2) is 27.9 Å². The molecule has 0 fully saturated rings. The van der Waals surface area contributed by atoms with Crippen LogP contribution < -0.4 is 29.6 Å². The monoisotopic (exact) mass is 418 g/mol. The van der Waals surface area contributed by atoms with Crippen molar-refractivity contribution in [3.05, 3.63) is 0 Å². The van der Waals surface area contributed by atoms with Gasteiger partial charge in [0.05, 0.1) is 15.7 Å². The Hall–Kier alpha value is 0.760. The van der Waals surface area contributed by atoms with Crippen molar-refractivity contribution in [1.82, 2.24) is 0 Å². The van der Waals surface area contributed by atoms with Crippen LogP contribution in [0.15, 0.2) is 0 Å². The first-order valence-corrected chi connectivity index (χ1v) is 12.0. The van der Waals surface area contributed by atoms with Crippen LogP contribution in [0.2, 0.25) is 0 Å². The van der Waals surface area contributed by atoms with Gasteiger partial charge in [0.2, 0.25) is 0 Å². The first kappa shape index (κ1) is 29.0. The van der Waals surface area contributed by atoms with Gasteiger partial charge >= 0.3 is 35.5 Å². The van der Waals surface area contributed by atoms with E-state index in [-0.39, 0.29) is 29.6 Å². The molecule has 0 aromatic heterocycles. The number of rotatable bonds is 18. The zero-order valence-corrected chi connectivity index (χ0v) is 20.3. The quantitative estimate of drug-likeness (QED) is 0.192. The second-order valence-electron chi connectivity index (χ2n) is 6.49. The average Bonchev–Trinajstić information content (AvgIpc) is 2.56. The van der Waals surface area contributed by atoms with Crippen molar-refractivity contribution in [1.29, 1.82) is 0 Å². The average molecular weight is 419 g/mol. The molecule has 0 aromatic carbocycles. The van der Waals surface area contributed by atoms with Crippen molar-refractivity contribution in [3.63, 3.8) is 0 Å². The molecule has 0 aliphatic carbocycles. The Bertz CT molecular complexity index is 416. The van der Waals surface area contributed by atoms with E-state index < -0.39 is 21.6 Å². The molecule has 0 rings (SSSR count). The summed E-state index contributed by atoms with van der Waals surface area (Å²) in [5.41, 5.74) is 0. The summed E-state index contributed by atoms with van der Waals surface area (Å²) in [4.78, 5) is 11.2. The van der Waals surface area contributed by atoms with E-state index in [1.807, 2.05) is 0 Å². The Morgan fingerprint density at radius 1 is 0.846 bits per heavy atom. The topological polar surface area (TPSA) is 75.7 Å². The molecule has 1 unspecified atom stereocenters. The maximum Gasteiger partial charge on any atom is 1.00 e. The zero-order valence-electron chi connectivity index (χ0n) is 16.7. The van der Waals surface area contributed by atoms with E-state index in [0.29, 0.717) is 6.61 Å². The molecular weight excluding hydrogens is 383 g/mol. The van der Waals surface area contributed by atoms with Crippen LogP contribution in [0, 0.1) is 0 Å². The molecule has 0 heterocycles. The Balaban J connectivity index is 0. The Kier molecular flexibility index (Phi) is 22.8. The second-order valence-corrected chi connectivity index (χ2v) is 8.76. The van der Waals surface area contributed by atoms with Gasteiger partial charge in [0.25, 0.3) is 0 Å². The molecule has 0 saturated carbocycles. The van der Waals surface area contributed by atoms with Crippen LogP contribution in [0.5, 0.6) is 0 Å². The summed E-state index contributed by atoms with van der Waals surface area (Å²) in [5, 5.41) is 0. The fourth-order valence-corrected chi connectivity index (χ4v) is 3.03. The number of hydrogen-bond donors (Lipinski definition) is 0. The SMILES string of the molecule is CCCCCCCCCCCCCCCCOC(=O)COS(=O)([O-])=S.[Na+]. The van der Waals surface area contributed by atoms with E-state index in [0.717, 1.165) is 19.3 Å². The molecule has 5 nitrogen and oxygen atoms in total. The summed E-state index contributed by atoms with van der Waals surface area (Å²) in [5.74, 6) is -0.692. The van der Waals surface area contributed by atoms with Gasteiger partial charge in [-0.3, -0.25) is 4.18 Å². The summed E-state index contributed by atoms with van der Waals surface area (Å²) in [6, 6.07) is 0. The van der Waals surface area contributed by atoms with E-state index in [1.165, 1.54) is 70.6 Å². The van der Waals surface area contributed by atoms with E-state index >= 15 is 0 Å². The van der Waals surface area contributed by atoms with Crippen molar-refractivity contribution < 1.29 is 52.0 Å². The Labute approximate surface area is 187 Å². The molecule has 0 spiro atoms. The normalized spacial score (nSPS) is 13.0. The maximum absolute atomic E-state index is 11.2. The third-order valence-electron chi connectivity index (χ3n) is 4.08. The van der Waals surface area contributed by atoms with Gasteiger partial charge in [0.15, 0.2) is 6.61 Å². The van der Waals surface area contributed by atoms with E-state index in [2.05, 4.69) is 22.3 Å². The smallest absolute Gasteiger partial charge is 0.748 e. The van der Waals surface area contributed by atoms with Crippen LogP contribution in [0.25, 0.3) is 0 Å². The third-order valence-corrected chi connectivity index (χ3v) is 4.78. The van der Waals surface area contributed by atoms with Gasteiger partial charge in [0, 0.05) is 0 Å². The predicted molar refractivity (Wildman–Crippen MR) is 104 cm³/mol. The molecule has 26 heavy (non-hydrogen) atoms. The van der Waals surface area contributed by atoms with Crippen molar-refractivity contribution in [2.24, 2.45) is 0 Å². The summed E-state index contributed by atoms with van der Waals surface area (Å²) < 4.78 is 30.1. The molecule has 0 aliphatic heterocycles. The Morgan fingerprint density at radius 3 is 1.62 bits per heavy atom. The molecule has 1 atom stereocenters. The molecule has 0 bridgehead atoms. The molecule has 0 saturated heterocycles. The number of unbranched alkanes of at least 4 members (excludes halogenated alkanes) is 13. The van der Waals surface area contributed by atoms with Crippen molar-refractivity contribution in [2.45, 2.75) is 96.8 Å². The molecule has 0 aliphatic rings. The molecule has 0 aromatic rings. The number of carbonyl (C=O) groups excluding carboxylic acids is 1. The molecule has 150 valence electrons. The van der Waals surface area contributed by atoms with Crippen molar-refractivity contribution in [2.75, 3.05) is 13.2 Å². The summed E-state index contributed by atoms with van der Waals surface area (Å²) in [6.45, 7) is 1.92. The Morgan fingerprint density at radius 2 is 1.23 bits per heavy atom. The summed E-state index contributed by atoms with van der Waals surface area (Å²) >= 11 is 3.99. The van der Waals surface area contributed by atoms with Gasteiger partial charge in [-0.25, -0.2) is 9.00 Å². The fourth-order valence-electron chi connectivity index (χ4n) is 2.64. The van der Waals surface area contributed by atoms with Gasteiger partial charge in [0.1, 0.15) is 0 Å². The minimum Gasteiger partial charge on any atom is -0.748 e. The van der Waals surface area contributed by atoms with Gasteiger partial charge in [-0.05, 0) is 17.6 Å². The van der Waals surface area contributed by atoms with E-state index in [1.54, 1.807) is 0 Å². The molecule has 8 heteroatoms. The summed E-state index contributed by atoms with van der Waals surface area (Å²) in [6.07, 6.45) is 17.7. The fraction of sp³-hybridized carbons (Fsp3) is 0.944. The number of carbonyl (C=O) groups is 1. The first-order valence-electron chi connectivity index (χ1n) is 9.71. The molecular formula is C18H35NaO5S2. The van der Waals surface area contributed by atoms with E-state index in [9.17, 15) is 13.6 Å². The van der Waals surface area contributed by atoms with Gasteiger partial charge < -0.3 is 9.29 Å². The van der Waals surface area contributed by atoms with Gasteiger partial charge in [-0.15, -0.1) is 0 Å². The standard InChI is InChI=1S/C18H36O5S2.Na/c1-2-3-4-5-6-7-8-9-10-11-12-13-14-15-16-22-18(19)17-23-25(20,21)24;/h2-17H2,1H3,(H,20,21,24);/q;+1/p-1. The number of esters is 1. The maximum atomic E-state index is 11.2. The van der Waals surface area contributed by atoms with Gasteiger partial charge in [-0.1, -0.05) is 90.4 Å². The van der Waals surface area contributed by atoms with Crippen molar-refractivity contribution in [3.8, 4) is 0 Å². The number of ether oxygens (including phenoxy) is 1. The number of hydrogen-bond acceptors (Lipinski definition) is 6. The van der Waals surface area contributed by atoms with Crippen LogP contribution >= 0.6 is 0 Å². The van der Waals surface area contributed by atoms with Crippen LogP contribution in [0.4, 0.5) is 0 Å². The molecule has 0 radical (unpaired) electrons. The van der Waals surface area contributed by atoms with Crippen LogP contribution in [0.1, 0.15) is 96.8 Å². The minimum atomic E-state index is -4.00. The molecule has 0 amide bonds. The van der Waals surface area contributed by atoms with Gasteiger partial charge in [-0.2, -0.15) is 0 Å². The van der Waals surface area contributed by atoms with Crippen LogP contribution in [0.3, 0.4) is 0 Å². The van der Waals surface area contributed by atoms with Crippen LogP contribution in [-0.2, 0) is 34.0 Å². The predicted octanol–water partition coefficient (Wildman–Crippen LogP) is 1.82. The third kappa shape index (κ3) is 24.8. The van der Waals surface area contributed by atoms with E-state index in [4.69, 9.17) is 4.74 Å². The molecule has 0 N–H and O–H groups in total. The van der Waals surface area contributed by atoms with Crippen molar-refractivity contribution >= 4 is 26.2 Å². The first-order chi connectivity index (χ1) is 12.0. The second kappa shape index (κ2) is 20.5. The zero-order chi connectivity index (χ0) is 18.8. The minimum absolute atomic E-state index is 0.